The number of carbonyl (C=O) groups excluding carboxylic acids is 1. The second-order valence-corrected chi connectivity index (χ2v) is 2.69. The highest BCUT2D eigenvalue weighted by Gasteiger charge is 2.29. The SMILES string of the molecule is COC(=O)[C@@H]1CCNC[C@@H]1O. The van der Waals surface area contributed by atoms with E-state index in [9.17, 15) is 9.90 Å². The number of hydrogen-bond donors (Lipinski definition) is 2. The van der Waals surface area contributed by atoms with Crippen LogP contribution in [0.15, 0.2) is 0 Å². The molecule has 0 unspecified atom stereocenters. The van der Waals surface area contributed by atoms with Gasteiger partial charge in [-0.25, -0.2) is 0 Å². The van der Waals surface area contributed by atoms with Gasteiger partial charge in [0.05, 0.1) is 19.1 Å². The van der Waals surface area contributed by atoms with Crippen LogP contribution in [0.5, 0.6) is 0 Å². The molecule has 0 aromatic rings. The van der Waals surface area contributed by atoms with Gasteiger partial charge in [0.15, 0.2) is 0 Å². The molecule has 1 heterocycles. The molecule has 1 aliphatic heterocycles. The summed E-state index contributed by atoms with van der Waals surface area (Å²) in [5.41, 5.74) is 0. The molecule has 0 bridgehead atoms. The highest BCUT2D eigenvalue weighted by Crippen LogP contribution is 2.13. The van der Waals surface area contributed by atoms with Crippen LogP contribution >= 0.6 is 0 Å². The van der Waals surface area contributed by atoms with E-state index in [1.807, 2.05) is 0 Å². The van der Waals surface area contributed by atoms with Gasteiger partial charge in [-0.15, -0.1) is 0 Å². The minimum absolute atomic E-state index is 0.306. The average molecular weight is 159 g/mol. The van der Waals surface area contributed by atoms with Crippen molar-refractivity contribution in [3.05, 3.63) is 0 Å². The largest absolute Gasteiger partial charge is 0.469 e. The first kappa shape index (κ1) is 8.49. The molecule has 0 amide bonds. The molecule has 2 N–H and O–H groups in total. The lowest BCUT2D eigenvalue weighted by molar-refractivity contribution is -0.150. The average Bonchev–Trinajstić information content (AvgIpc) is 2.04. The van der Waals surface area contributed by atoms with Crippen molar-refractivity contribution in [2.45, 2.75) is 12.5 Å². The van der Waals surface area contributed by atoms with Crippen LogP contribution in [0.2, 0.25) is 0 Å². The molecule has 4 heteroatoms. The number of aliphatic hydroxyl groups is 1. The number of β-amino-alcohol motifs (C(OH)–C–C–N with tert-alkyl or cyclic N) is 1. The predicted octanol–water partition coefficient (Wildman–Crippen LogP) is -0.870. The molecule has 1 saturated heterocycles. The molecule has 2 atom stereocenters. The summed E-state index contributed by atoms with van der Waals surface area (Å²) in [4.78, 5) is 11.0. The first-order valence-corrected chi connectivity index (χ1v) is 3.72. The van der Waals surface area contributed by atoms with E-state index in [4.69, 9.17) is 0 Å². The summed E-state index contributed by atoms with van der Waals surface area (Å²) < 4.78 is 4.53. The molecular formula is C7H13NO3. The summed E-state index contributed by atoms with van der Waals surface area (Å²) >= 11 is 0. The lowest BCUT2D eigenvalue weighted by atomic mass is 9.95. The Balaban J connectivity index is 2.47. The van der Waals surface area contributed by atoms with E-state index in [0.29, 0.717) is 13.0 Å². The summed E-state index contributed by atoms with van der Waals surface area (Å²) in [6.45, 7) is 1.26. The Labute approximate surface area is 65.5 Å². The number of nitrogens with one attached hydrogen (secondary N) is 1. The first-order valence-electron chi connectivity index (χ1n) is 3.72. The zero-order valence-corrected chi connectivity index (χ0v) is 6.54. The molecule has 1 fully saturated rings. The maximum atomic E-state index is 11.0. The third-order valence-electron chi connectivity index (χ3n) is 1.95. The Kier molecular flexibility index (Phi) is 2.84. The fourth-order valence-corrected chi connectivity index (χ4v) is 1.27. The van der Waals surface area contributed by atoms with E-state index in [-0.39, 0.29) is 11.9 Å². The first-order chi connectivity index (χ1) is 5.25. The van der Waals surface area contributed by atoms with E-state index in [0.717, 1.165) is 6.54 Å². The van der Waals surface area contributed by atoms with Crippen LogP contribution in [-0.4, -0.2) is 37.4 Å². The van der Waals surface area contributed by atoms with Crippen LogP contribution in [0.4, 0.5) is 0 Å². The molecular weight excluding hydrogens is 146 g/mol. The topological polar surface area (TPSA) is 58.6 Å². The van der Waals surface area contributed by atoms with Gasteiger partial charge in [-0.2, -0.15) is 0 Å². The number of methoxy groups -OCH3 is 1. The zero-order chi connectivity index (χ0) is 8.27. The molecule has 0 saturated carbocycles. The number of ether oxygens (including phenoxy) is 1. The number of aliphatic hydroxyl groups excluding tert-OH is 1. The minimum Gasteiger partial charge on any atom is -0.469 e. The second-order valence-electron chi connectivity index (χ2n) is 2.69. The second kappa shape index (κ2) is 3.69. The maximum Gasteiger partial charge on any atom is 0.311 e. The molecule has 4 nitrogen and oxygen atoms in total. The van der Waals surface area contributed by atoms with Crippen molar-refractivity contribution in [3.8, 4) is 0 Å². The summed E-state index contributed by atoms with van der Waals surface area (Å²) in [5, 5.41) is 12.3. The van der Waals surface area contributed by atoms with Gasteiger partial charge < -0.3 is 15.2 Å². The molecule has 0 aromatic carbocycles. The molecule has 0 aliphatic carbocycles. The van der Waals surface area contributed by atoms with Crippen molar-refractivity contribution in [1.29, 1.82) is 0 Å². The molecule has 1 aliphatic rings. The third-order valence-corrected chi connectivity index (χ3v) is 1.95. The standard InChI is InChI=1S/C7H13NO3/c1-11-7(10)5-2-3-8-4-6(5)9/h5-6,8-9H,2-4H2,1H3/t5-,6+/m1/s1. The van der Waals surface area contributed by atoms with Crippen LogP contribution in [0.25, 0.3) is 0 Å². The molecule has 64 valence electrons. The van der Waals surface area contributed by atoms with Crippen molar-refractivity contribution in [2.75, 3.05) is 20.2 Å². The fourth-order valence-electron chi connectivity index (χ4n) is 1.27. The van der Waals surface area contributed by atoms with Gasteiger partial charge in [0.2, 0.25) is 0 Å². The van der Waals surface area contributed by atoms with Crippen LogP contribution in [0.1, 0.15) is 6.42 Å². The maximum absolute atomic E-state index is 11.0. The van der Waals surface area contributed by atoms with Crippen LogP contribution in [0, 0.1) is 5.92 Å². The van der Waals surface area contributed by atoms with Gasteiger partial charge in [0.25, 0.3) is 0 Å². The number of hydrogen-bond acceptors (Lipinski definition) is 4. The van der Waals surface area contributed by atoms with Crippen LogP contribution in [0.3, 0.4) is 0 Å². The normalized spacial score (nSPS) is 31.5. The van der Waals surface area contributed by atoms with Crippen LogP contribution < -0.4 is 5.32 Å². The van der Waals surface area contributed by atoms with E-state index in [2.05, 4.69) is 10.1 Å². The summed E-state index contributed by atoms with van der Waals surface area (Å²) in [7, 11) is 1.34. The molecule has 1 rings (SSSR count). The molecule has 0 spiro atoms. The zero-order valence-electron chi connectivity index (χ0n) is 6.54. The van der Waals surface area contributed by atoms with Crippen molar-refractivity contribution in [2.24, 2.45) is 5.92 Å². The fraction of sp³-hybridized carbons (Fsp3) is 0.857. The molecule has 11 heavy (non-hydrogen) atoms. The lowest BCUT2D eigenvalue weighted by Gasteiger charge is -2.25. The number of esters is 1. The Morgan fingerprint density at radius 1 is 1.73 bits per heavy atom. The smallest absolute Gasteiger partial charge is 0.311 e. The van der Waals surface area contributed by atoms with Gasteiger partial charge in [-0.3, -0.25) is 4.79 Å². The highest BCUT2D eigenvalue weighted by atomic mass is 16.5. The van der Waals surface area contributed by atoms with E-state index in [1.54, 1.807) is 0 Å². The third kappa shape index (κ3) is 1.91. The molecule has 0 aromatic heterocycles. The van der Waals surface area contributed by atoms with Crippen LogP contribution in [-0.2, 0) is 9.53 Å². The van der Waals surface area contributed by atoms with Crippen molar-refractivity contribution >= 4 is 5.97 Å². The number of rotatable bonds is 1. The quantitative estimate of drug-likeness (QED) is 0.488. The lowest BCUT2D eigenvalue weighted by Crippen LogP contribution is -2.44. The molecule has 0 radical (unpaired) electrons. The van der Waals surface area contributed by atoms with Gasteiger partial charge in [-0.05, 0) is 13.0 Å². The van der Waals surface area contributed by atoms with E-state index < -0.39 is 6.10 Å². The Morgan fingerprint density at radius 2 is 2.45 bits per heavy atom. The Hall–Kier alpha value is -0.610. The summed E-state index contributed by atoms with van der Waals surface area (Å²) in [6, 6.07) is 0. The Morgan fingerprint density at radius 3 is 3.00 bits per heavy atom. The van der Waals surface area contributed by atoms with Crippen molar-refractivity contribution in [3.63, 3.8) is 0 Å². The van der Waals surface area contributed by atoms with E-state index in [1.165, 1.54) is 7.11 Å². The van der Waals surface area contributed by atoms with Gasteiger partial charge in [0.1, 0.15) is 0 Å². The Bertz CT molecular complexity index is 149. The van der Waals surface area contributed by atoms with Crippen molar-refractivity contribution in [1.82, 2.24) is 5.32 Å². The number of piperidine rings is 1. The van der Waals surface area contributed by atoms with E-state index >= 15 is 0 Å². The highest BCUT2D eigenvalue weighted by molar-refractivity contribution is 5.73. The van der Waals surface area contributed by atoms with Gasteiger partial charge >= 0.3 is 5.97 Å². The monoisotopic (exact) mass is 159 g/mol. The van der Waals surface area contributed by atoms with Gasteiger partial charge in [0, 0.05) is 6.54 Å². The minimum atomic E-state index is -0.587. The summed E-state index contributed by atoms with van der Waals surface area (Å²) in [6.07, 6.45) is 0.0737. The van der Waals surface area contributed by atoms with Gasteiger partial charge in [-0.1, -0.05) is 0 Å². The predicted molar refractivity (Wildman–Crippen MR) is 39.0 cm³/mol. The summed E-state index contributed by atoms with van der Waals surface area (Å²) in [5.74, 6) is -0.639. The number of carbonyl (C=O) groups is 1. The van der Waals surface area contributed by atoms with Crippen molar-refractivity contribution < 1.29 is 14.6 Å².